The largest absolute Gasteiger partial charge is 0.481 e. The normalized spacial score (nSPS) is 22.4. The molecule has 1 aromatic rings. The maximum absolute atomic E-state index is 12.9. The van der Waals surface area contributed by atoms with Crippen molar-refractivity contribution in [3.8, 4) is 0 Å². The fraction of sp³-hybridized carbons (Fsp3) is 0.500. The van der Waals surface area contributed by atoms with Gasteiger partial charge in [-0.25, -0.2) is 0 Å². The number of aliphatic carboxylic acids is 1. The SMILES string of the molecule is CC1C(C(=O)O)CCN1C(=O)C(C)(C)c1ccc(Br)cc1. The van der Waals surface area contributed by atoms with Crippen molar-refractivity contribution in [2.45, 2.75) is 38.6 Å². The minimum absolute atomic E-state index is 0.0129. The molecule has 1 aliphatic rings. The van der Waals surface area contributed by atoms with Crippen LogP contribution in [0.3, 0.4) is 0 Å². The molecule has 1 heterocycles. The lowest BCUT2D eigenvalue weighted by molar-refractivity contribution is -0.143. The first-order valence-electron chi connectivity index (χ1n) is 7.05. The average Bonchev–Trinajstić information content (AvgIpc) is 2.80. The molecule has 21 heavy (non-hydrogen) atoms. The molecule has 4 nitrogen and oxygen atoms in total. The van der Waals surface area contributed by atoms with Gasteiger partial charge >= 0.3 is 5.97 Å². The number of carbonyl (C=O) groups is 2. The predicted octanol–water partition coefficient (Wildman–Crippen LogP) is 3.05. The smallest absolute Gasteiger partial charge is 0.308 e. The Balaban J connectivity index is 2.23. The van der Waals surface area contributed by atoms with Gasteiger partial charge in [0.2, 0.25) is 5.91 Å². The lowest BCUT2D eigenvalue weighted by atomic mass is 9.83. The van der Waals surface area contributed by atoms with Gasteiger partial charge in [-0.05, 0) is 44.9 Å². The molecule has 114 valence electrons. The maximum Gasteiger partial charge on any atom is 0.308 e. The van der Waals surface area contributed by atoms with Gasteiger partial charge in [0.25, 0.3) is 0 Å². The molecule has 0 saturated carbocycles. The quantitative estimate of drug-likeness (QED) is 0.908. The molecule has 1 N–H and O–H groups in total. The van der Waals surface area contributed by atoms with Crippen LogP contribution >= 0.6 is 15.9 Å². The van der Waals surface area contributed by atoms with Crippen molar-refractivity contribution in [3.63, 3.8) is 0 Å². The van der Waals surface area contributed by atoms with Crippen LogP contribution < -0.4 is 0 Å². The molecule has 0 aliphatic carbocycles. The number of carboxylic acids is 1. The van der Waals surface area contributed by atoms with E-state index >= 15 is 0 Å². The summed E-state index contributed by atoms with van der Waals surface area (Å²) >= 11 is 3.39. The molecular formula is C16H20BrNO3. The summed E-state index contributed by atoms with van der Waals surface area (Å²) in [5.41, 5.74) is 0.268. The van der Waals surface area contributed by atoms with E-state index in [2.05, 4.69) is 15.9 Å². The predicted molar refractivity (Wildman–Crippen MR) is 84.1 cm³/mol. The highest BCUT2D eigenvalue weighted by molar-refractivity contribution is 9.10. The van der Waals surface area contributed by atoms with Crippen molar-refractivity contribution in [2.24, 2.45) is 5.92 Å². The van der Waals surface area contributed by atoms with Crippen molar-refractivity contribution in [3.05, 3.63) is 34.3 Å². The van der Waals surface area contributed by atoms with Crippen LogP contribution in [-0.4, -0.2) is 34.5 Å². The minimum Gasteiger partial charge on any atom is -0.481 e. The maximum atomic E-state index is 12.9. The Kier molecular flexibility index (Phi) is 4.42. The van der Waals surface area contributed by atoms with Crippen LogP contribution in [0.15, 0.2) is 28.7 Å². The zero-order chi connectivity index (χ0) is 15.8. The highest BCUT2D eigenvalue weighted by Crippen LogP contribution is 2.32. The number of carbonyl (C=O) groups excluding carboxylic acids is 1. The number of carboxylic acid groups (broad SMARTS) is 1. The summed E-state index contributed by atoms with van der Waals surface area (Å²) in [5, 5.41) is 9.19. The third-order valence-corrected chi connectivity index (χ3v) is 4.96. The first-order chi connectivity index (χ1) is 9.75. The Morgan fingerprint density at radius 2 is 1.86 bits per heavy atom. The Morgan fingerprint density at radius 3 is 2.33 bits per heavy atom. The zero-order valence-electron chi connectivity index (χ0n) is 12.5. The molecular weight excluding hydrogens is 334 g/mol. The summed E-state index contributed by atoms with van der Waals surface area (Å²) in [7, 11) is 0. The van der Waals surface area contributed by atoms with Gasteiger partial charge in [-0.3, -0.25) is 9.59 Å². The molecule has 1 aromatic carbocycles. The number of rotatable bonds is 3. The Bertz CT molecular complexity index is 553. The molecule has 1 saturated heterocycles. The van der Waals surface area contributed by atoms with E-state index in [1.165, 1.54) is 0 Å². The van der Waals surface area contributed by atoms with E-state index in [0.717, 1.165) is 10.0 Å². The van der Waals surface area contributed by atoms with Crippen LogP contribution in [0.25, 0.3) is 0 Å². The molecule has 2 atom stereocenters. The van der Waals surface area contributed by atoms with E-state index in [-0.39, 0.29) is 11.9 Å². The molecule has 1 aliphatic heterocycles. The second-order valence-corrected chi connectivity index (χ2v) is 7.02. The molecule has 0 spiro atoms. The average molecular weight is 354 g/mol. The lowest BCUT2D eigenvalue weighted by Gasteiger charge is -2.33. The fourth-order valence-electron chi connectivity index (χ4n) is 2.91. The number of amides is 1. The fourth-order valence-corrected chi connectivity index (χ4v) is 3.17. The van der Waals surface area contributed by atoms with Crippen LogP contribution in [-0.2, 0) is 15.0 Å². The van der Waals surface area contributed by atoms with E-state index < -0.39 is 17.3 Å². The summed E-state index contributed by atoms with van der Waals surface area (Å²) in [6, 6.07) is 7.43. The minimum atomic E-state index is -0.820. The van der Waals surface area contributed by atoms with E-state index in [4.69, 9.17) is 0 Å². The molecule has 5 heteroatoms. The number of halogens is 1. The van der Waals surface area contributed by atoms with Gasteiger partial charge in [0.1, 0.15) is 0 Å². The van der Waals surface area contributed by atoms with Gasteiger partial charge in [-0.1, -0.05) is 28.1 Å². The second-order valence-electron chi connectivity index (χ2n) is 6.10. The molecule has 2 rings (SSSR count). The number of benzene rings is 1. The summed E-state index contributed by atoms with van der Waals surface area (Å²) in [4.78, 5) is 25.8. The van der Waals surface area contributed by atoms with Gasteiger partial charge in [0.05, 0.1) is 11.3 Å². The van der Waals surface area contributed by atoms with Gasteiger partial charge in [0, 0.05) is 17.1 Å². The number of hydrogen-bond donors (Lipinski definition) is 1. The van der Waals surface area contributed by atoms with Gasteiger partial charge in [0.15, 0.2) is 0 Å². The Hall–Kier alpha value is -1.36. The van der Waals surface area contributed by atoms with Crippen molar-refractivity contribution in [2.75, 3.05) is 6.54 Å². The standard InChI is InChI=1S/C16H20BrNO3/c1-10-13(14(19)20)8-9-18(10)15(21)16(2,3)11-4-6-12(17)7-5-11/h4-7,10,13H,8-9H2,1-3H3,(H,19,20). The van der Waals surface area contributed by atoms with Crippen LogP contribution in [0.2, 0.25) is 0 Å². The molecule has 0 aromatic heterocycles. The van der Waals surface area contributed by atoms with Gasteiger partial charge in [-0.2, -0.15) is 0 Å². The third-order valence-electron chi connectivity index (χ3n) is 4.43. The number of likely N-dealkylation sites (tertiary alicyclic amines) is 1. The summed E-state index contributed by atoms with van der Waals surface area (Å²) < 4.78 is 0.968. The molecule has 0 bridgehead atoms. The summed E-state index contributed by atoms with van der Waals surface area (Å²) in [6.45, 7) is 6.11. The molecule has 1 amide bonds. The van der Waals surface area contributed by atoms with Crippen LogP contribution in [0.5, 0.6) is 0 Å². The lowest BCUT2D eigenvalue weighted by Crippen LogP contribution is -2.46. The van der Waals surface area contributed by atoms with Crippen molar-refractivity contribution >= 4 is 27.8 Å². The van der Waals surface area contributed by atoms with Crippen LogP contribution in [0.4, 0.5) is 0 Å². The summed E-state index contributed by atoms with van der Waals surface area (Å²) in [6.07, 6.45) is 0.526. The zero-order valence-corrected chi connectivity index (χ0v) is 14.1. The van der Waals surface area contributed by atoms with Gasteiger partial charge < -0.3 is 10.0 Å². The Labute approximate surface area is 133 Å². The molecule has 1 fully saturated rings. The molecule has 0 radical (unpaired) electrons. The van der Waals surface area contributed by atoms with Gasteiger partial charge in [-0.15, -0.1) is 0 Å². The van der Waals surface area contributed by atoms with E-state index in [1.54, 1.807) is 4.90 Å². The van der Waals surface area contributed by atoms with Crippen molar-refractivity contribution in [1.29, 1.82) is 0 Å². The second kappa shape index (κ2) is 5.79. The van der Waals surface area contributed by atoms with Crippen LogP contribution in [0.1, 0.15) is 32.8 Å². The van der Waals surface area contributed by atoms with Crippen molar-refractivity contribution in [1.82, 2.24) is 4.90 Å². The number of nitrogens with zero attached hydrogens (tertiary/aromatic N) is 1. The van der Waals surface area contributed by atoms with E-state index in [0.29, 0.717) is 13.0 Å². The monoisotopic (exact) mass is 353 g/mol. The topological polar surface area (TPSA) is 57.6 Å². The number of hydrogen-bond acceptors (Lipinski definition) is 2. The Morgan fingerprint density at radius 1 is 1.29 bits per heavy atom. The van der Waals surface area contributed by atoms with E-state index in [9.17, 15) is 14.7 Å². The van der Waals surface area contributed by atoms with E-state index in [1.807, 2.05) is 45.0 Å². The highest BCUT2D eigenvalue weighted by Gasteiger charge is 2.43. The van der Waals surface area contributed by atoms with Crippen LogP contribution in [0, 0.1) is 5.92 Å². The van der Waals surface area contributed by atoms with Crippen molar-refractivity contribution < 1.29 is 14.7 Å². The first kappa shape index (κ1) is 16.0. The first-order valence-corrected chi connectivity index (χ1v) is 7.84. The molecule has 2 unspecified atom stereocenters. The third kappa shape index (κ3) is 2.98. The summed E-state index contributed by atoms with van der Waals surface area (Å²) in [5.74, 6) is -1.30. The highest BCUT2D eigenvalue weighted by atomic mass is 79.9.